The van der Waals surface area contributed by atoms with E-state index in [0.29, 0.717) is 44.5 Å². The average Bonchev–Trinajstić information content (AvgIpc) is 3.12. The van der Waals surface area contributed by atoms with E-state index in [2.05, 4.69) is 6.58 Å². The Bertz CT molecular complexity index is 1260. The molecule has 1 saturated heterocycles. The zero-order chi connectivity index (χ0) is 24.1. The second-order valence-corrected chi connectivity index (χ2v) is 9.58. The van der Waals surface area contributed by atoms with E-state index in [4.69, 9.17) is 33.3 Å². The van der Waals surface area contributed by atoms with Gasteiger partial charge >= 0.3 is 0 Å². The van der Waals surface area contributed by atoms with Crippen LogP contribution in [0.5, 0.6) is 11.5 Å². The van der Waals surface area contributed by atoms with E-state index in [-0.39, 0.29) is 5.91 Å². The third-order valence-corrected chi connectivity index (χ3v) is 6.69. The number of thiocarbonyl (C=S) groups is 1. The topological polar surface area (TPSA) is 38.8 Å². The molecule has 0 saturated carbocycles. The van der Waals surface area contributed by atoms with Crippen LogP contribution in [0.1, 0.15) is 16.7 Å². The monoisotopic (exact) mass is 507 g/mol. The van der Waals surface area contributed by atoms with Crippen LogP contribution in [0, 0.1) is 0 Å². The van der Waals surface area contributed by atoms with Gasteiger partial charge in [0.25, 0.3) is 5.91 Å². The number of benzene rings is 3. The molecule has 34 heavy (non-hydrogen) atoms. The van der Waals surface area contributed by atoms with Gasteiger partial charge < -0.3 is 9.47 Å². The van der Waals surface area contributed by atoms with E-state index in [1.807, 2.05) is 54.6 Å². The van der Waals surface area contributed by atoms with E-state index in [1.54, 1.807) is 31.4 Å². The molecule has 0 aromatic heterocycles. The van der Waals surface area contributed by atoms with Crippen LogP contribution < -0.4 is 14.4 Å². The number of halogens is 1. The number of hydrogen-bond acceptors (Lipinski definition) is 5. The van der Waals surface area contributed by atoms with Gasteiger partial charge in [0.15, 0.2) is 15.8 Å². The molecule has 1 amide bonds. The van der Waals surface area contributed by atoms with Crippen molar-refractivity contribution in [1.82, 2.24) is 0 Å². The molecule has 3 aromatic rings. The molecule has 1 aliphatic rings. The summed E-state index contributed by atoms with van der Waals surface area (Å²) in [7, 11) is 1.60. The quantitative estimate of drug-likeness (QED) is 0.185. The second kappa shape index (κ2) is 10.9. The first-order chi connectivity index (χ1) is 16.5. The highest BCUT2D eigenvalue weighted by molar-refractivity contribution is 8.27. The molecule has 0 atom stereocenters. The summed E-state index contributed by atoms with van der Waals surface area (Å²) < 4.78 is 12.3. The maximum absolute atomic E-state index is 13.1. The van der Waals surface area contributed by atoms with Gasteiger partial charge in [-0.3, -0.25) is 9.69 Å². The summed E-state index contributed by atoms with van der Waals surface area (Å²) in [6, 6.07) is 20.8. The fourth-order valence-corrected chi connectivity index (χ4v) is 4.98. The fraction of sp³-hybridized carbons (Fsp3) is 0.111. The van der Waals surface area contributed by atoms with Crippen LogP contribution in [-0.2, 0) is 17.8 Å². The summed E-state index contributed by atoms with van der Waals surface area (Å²) in [5.41, 5.74) is 3.48. The molecule has 4 nitrogen and oxygen atoms in total. The summed E-state index contributed by atoms with van der Waals surface area (Å²) in [6.07, 6.45) is 4.23. The molecule has 0 N–H and O–H groups in total. The third-order valence-electron chi connectivity index (χ3n) is 5.14. The zero-order valence-electron chi connectivity index (χ0n) is 18.5. The Kier molecular flexibility index (Phi) is 7.73. The number of hydrogen-bond donors (Lipinski definition) is 0. The highest BCUT2D eigenvalue weighted by atomic mass is 35.5. The minimum Gasteiger partial charge on any atom is -0.493 e. The number of allylic oxidation sites excluding steroid dienone is 1. The van der Waals surface area contributed by atoms with Gasteiger partial charge in [0, 0.05) is 10.6 Å². The zero-order valence-corrected chi connectivity index (χ0v) is 20.9. The summed E-state index contributed by atoms with van der Waals surface area (Å²) in [6.45, 7) is 4.29. The third kappa shape index (κ3) is 5.36. The Hall–Kier alpha value is -3.06. The van der Waals surface area contributed by atoms with Crippen LogP contribution in [0.25, 0.3) is 6.08 Å². The molecule has 0 spiro atoms. The average molecular weight is 508 g/mol. The molecule has 1 heterocycles. The number of amides is 1. The lowest BCUT2D eigenvalue weighted by Crippen LogP contribution is -2.27. The number of carbonyl (C=O) groups excluding carboxylic acids is 1. The largest absolute Gasteiger partial charge is 0.493 e. The molecule has 172 valence electrons. The number of nitrogens with zero attached hydrogens (tertiary/aromatic N) is 1. The van der Waals surface area contributed by atoms with Crippen LogP contribution in [0.2, 0.25) is 5.02 Å². The molecule has 3 aromatic carbocycles. The van der Waals surface area contributed by atoms with Crippen molar-refractivity contribution in [3.05, 3.63) is 106 Å². The summed E-state index contributed by atoms with van der Waals surface area (Å²) >= 11 is 12.7. The summed E-state index contributed by atoms with van der Waals surface area (Å²) in [4.78, 5) is 15.2. The van der Waals surface area contributed by atoms with Gasteiger partial charge in [0.05, 0.1) is 17.7 Å². The lowest BCUT2D eigenvalue weighted by atomic mass is 10.0. The minimum atomic E-state index is -0.175. The molecule has 4 rings (SSSR count). The highest BCUT2D eigenvalue weighted by Gasteiger charge is 2.33. The smallest absolute Gasteiger partial charge is 0.270 e. The first kappa shape index (κ1) is 24.1. The Morgan fingerprint density at radius 2 is 1.85 bits per heavy atom. The van der Waals surface area contributed by atoms with Gasteiger partial charge in [-0.05, 0) is 60.0 Å². The lowest BCUT2D eigenvalue weighted by Gasteiger charge is -2.16. The second-order valence-electron chi connectivity index (χ2n) is 7.47. The van der Waals surface area contributed by atoms with E-state index in [0.717, 1.165) is 16.7 Å². The first-order valence-electron chi connectivity index (χ1n) is 10.5. The molecular formula is C27H22ClNO3S2. The number of anilines is 1. The SMILES string of the molecule is C=CCc1cc(/C=C2/SC(=S)N(c3ccc(Cl)cc3)C2=O)cc(OC)c1OCc1ccccc1. The highest BCUT2D eigenvalue weighted by Crippen LogP contribution is 2.39. The van der Waals surface area contributed by atoms with Gasteiger partial charge in [0.1, 0.15) is 6.61 Å². The maximum atomic E-state index is 13.1. The molecule has 0 unspecified atom stereocenters. The molecule has 0 bridgehead atoms. The summed E-state index contributed by atoms with van der Waals surface area (Å²) in [5, 5.41) is 0.598. The van der Waals surface area contributed by atoms with Gasteiger partial charge in [0.2, 0.25) is 0 Å². The van der Waals surface area contributed by atoms with Crippen molar-refractivity contribution in [2.75, 3.05) is 12.0 Å². The van der Waals surface area contributed by atoms with Crippen LogP contribution in [0.3, 0.4) is 0 Å². The Labute approximate surface area is 213 Å². The number of thioether (sulfide) groups is 1. The number of ether oxygens (including phenoxy) is 2. The molecule has 0 radical (unpaired) electrons. The van der Waals surface area contributed by atoms with E-state index < -0.39 is 0 Å². The molecule has 7 heteroatoms. The molecular weight excluding hydrogens is 486 g/mol. The van der Waals surface area contributed by atoms with E-state index in [9.17, 15) is 4.79 Å². The minimum absolute atomic E-state index is 0.175. The number of rotatable bonds is 8. The van der Waals surface area contributed by atoms with Gasteiger partial charge in [-0.2, -0.15) is 0 Å². The van der Waals surface area contributed by atoms with Crippen LogP contribution in [0.15, 0.2) is 84.3 Å². The number of methoxy groups -OCH3 is 1. The van der Waals surface area contributed by atoms with Gasteiger partial charge in [-0.15, -0.1) is 6.58 Å². The maximum Gasteiger partial charge on any atom is 0.270 e. The van der Waals surface area contributed by atoms with Crippen LogP contribution in [-0.4, -0.2) is 17.3 Å². The normalized spacial score (nSPS) is 14.5. The fourth-order valence-electron chi connectivity index (χ4n) is 3.55. The van der Waals surface area contributed by atoms with Crippen LogP contribution >= 0.6 is 35.6 Å². The predicted molar refractivity (Wildman–Crippen MR) is 145 cm³/mol. The molecule has 1 fully saturated rings. The van der Waals surface area contributed by atoms with Crippen molar-refractivity contribution in [2.24, 2.45) is 0 Å². The number of carbonyl (C=O) groups is 1. The van der Waals surface area contributed by atoms with Crippen molar-refractivity contribution in [2.45, 2.75) is 13.0 Å². The first-order valence-corrected chi connectivity index (χ1v) is 12.1. The molecule has 0 aliphatic carbocycles. The van der Waals surface area contributed by atoms with Crippen LogP contribution in [0.4, 0.5) is 5.69 Å². The lowest BCUT2D eigenvalue weighted by molar-refractivity contribution is -0.113. The molecule has 1 aliphatic heterocycles. The van der Waals surface area contributed by atoms with Crippen molar-refractivity contribution >= 4 is 57.6 Å². The van der Waals surface area contributed by atoms with Gasteiger partial charge in [-0.1, -0.05) is 72.0 Å². The van der Waals surface area contributed by atoms with Crippen molar-refractivity contribution in [1.29, 1.82) is 0 Å². The van der Waals surface area contributed by atoms with Crippen molar-refractivity contribution in [3.8, 4) is 11.5 Å². The summed E-state index contributed by atoms with van der Waals surface area (Å²) in [5.74, 6) is 1.08. The van der Waals surface area contributed by atoms with E-state index in [1.165, 1.54) is 16.7 Å². The van der Waals surface area contributed by atoms with Crippen molar-refractivity contribution in [3.63, 3.8) is 0 Å². The Morgan fingerprint density at radius 1 is 1.12 bits per heavy atom. The van der Waals surface area contributed by atoms with Crippen molar-refractivity contribution < 1.29 is 14.3 Å². The van der Waals surface area contributed by atoms with Gasteiger partial charge in [-0.25, -0.2) is 0 Å². The standard InChI is InChI=1S/C27H22ClNO3S2/c1-3-7-20-14-19(15-23(31-2)25(20)32-17-18-8-5-4-6-9-18)16-24-26(30)29(27(33)34-24)22-12-10-21(28)11-13-22/h3-6,8-16H,1,7,17H2,2H3/b24-16+. The predicted octanol–water partition coefficient (Wildman–Crippen LogP) is 7.06. The van der Waals surface area contributed by atoms with E-state index >= 15 is 0 Å². The Balaban J connectivity index is 1.64. The Morgan fingerprint density at radius 3 is 2.53 bits per heavy atom.